The fourth-order valence-corrected chi connectivity index (χ4v) is 1.52. The normalized spacial score (nSPS) is 17.9. The molecule has 1 aromatic carbocycles. The summed E-state index contributed by atoms with van der Waals surface area (Å²) in [5.74, 6) is -0.832. The van der Waals surface area contributed by atoms with Gasteiger partial charge in [0.2, 0.25) is 0 Å². The molecule has 1 aliphatic rings. The lowest BCUT2D eigenvalue weighted by Crippen LogP contribution is -2.08. The van der Waals surface area contributed by atoms with E-state index in [0.29, 0.717) is 13.2 Å². The van der Waals surface area contributed by atoms with Crippen LogP contribution < -0.4 is 0 Å². The minimum atomic E-state index is -4.58. The second kappa shape index (κ2) is 3.95. The van der Waals surface area contributed by atoms with Gasteiger partial charge in [0.05, 0.1) is 24.3 Å². The molecule has 1 heterocycles. The van der Waals surface area contributed by atoms with E-state index in [2.05, 4.69) is 0 Å². The standard InChI is InChI=1S/C10H9F3O3/c11-10(12,13)7-3-1-2-6(8(7)14)9-15-4-5-16-9/h1-3,9,14H,4-5H2. The van der Waals surface area contributed by atoms with E-state index < -0.39 is 23.8 Å². The molecule has 1 fully saturated rings. The monoisotopic (exact) mass is 234 g/mol. The smallest absolute Gasteiger partial charge is 0.419 e. The van der Waals surface area contributed by atoms with Gasteiger partial charge in [-0.1, -0.05) is 12.1 Å². The summed E-state index contributed by atoms with van der Waals surface area (Å²) in [6, 6.07) is 3.37. The van der Waals surface area contributed by atoms with Gasteiger partial charge >= 0.3 is 6.18 Å². The van der Waals surface area contributed by atoms with E-state index >= 15 is 0 Å². The van der Waals surface area contributed by atoms with Crippen molar-refractivity contribution >= 4 is 0 Å². The maximum atomic E-state index is 12.5. The van der Waals surface area contributed by atoms with Crippen molar-refractivity contribution in [2.75, 3.05) is 13.2 Å². The number of rotatable bonds is 1. The summed E-state index contributed by atoms with van der Waals surface area (Å²) in [5, 5.41) is 9.50. The maximum Gasteiger partial charge on any atom is 0.419 e. The molecule has 16 heavy (non-hydrogen) atoms. The molecule has 0 aliphatic carbocycles. The Hall–Kier alpha value is -1.27. The zero-order valence-electron chi connectivity index (χ0n) is 8.12. The summed E-state index contributed by atoms with van der Waals surface area (Å²) < 4.78 is 47.5. The average molecular weight is 234 g/mol. The van der Waals surface area contributed by atoms with E-state index in [1.54, 1.807) is 0 Å². The zero-order valence-corrected chi connectivity index (χ0v) is 8.12. The summed E-state index contributed by atoms with van der Waals surface area (Å²) in [4.78, 5) is 0. The number of halogens is 3. The summed E-state index contributed by atoms with van der Waals surface area (Å²) in [5.41, 5.74) is -1.07. The molecule has 0 bridgehead atoms. The SMILES string of the molecule is Oc1c(C2OCCO2)cccc1C(F)(F)F. The van der Waals surface area contributed by atoms with E-state index in [1.807, 2.05) is 0 Å². The van der Waals surface area contributed by atoms with Crippen molar-refractivity contribution < 1.29 is 27.8 Å². The highest BCUT2D eigenvalue weighted by atomic mass is 19.4. The highest BCUT2D eigenvalue weighted by Crippen LogP contribution is 2.40. The third-order valence-corrected chi connectivity index (χ3v) is 2.25. The highest BCUT2D eigenvalue weighted by Gasteiger charge is 2.36. The largest absolute Gasteiger partial charge is 0.507 e. The van der Waals surface area contributed by atoms with Crippen LogP contribution in [0.2, 0.25) is 0 Å². The Morgan fingerprint density at radius 1 is 1.19 bits per heavy atom. The van der Waals surface area contributed by atoms with Gasteiger partial charge in [-0.15, -0.1) is 0 Å². The lowest BCUT2D eigenvalue weighted by molar-refractivity contribution is -0.139. The number of benzene rings is 1. The van der Waals surface area contributed by atoms with Gasteiger partial charge in [0, 0.05) is 0 Å². The number of hydrogen-bond donors (Lipinski definition) is 1. The number of phenols is 1. The predicted octanol–water partition coefficient (Wildman–Crippen LogP) is 2.46. The van der Waals surface area contributed by atoms with Crippen LogP contribution >= 0.6 is 0 Å². The van der Waals surface area contributed by atoms with Gasteiger partial charge in [0.1, 0.15) is 5.75 Å². The molecule has 0 amide bonds. The molecule has 88 valence electrons. The second-order valence-electron chi connectivity index (χ2n) is 3.31. The van der Waals surface area contributed by atoms with E-state index in [4.69, 9.17) is 9.47 Å². The number of phenolic OH excluding ortho intramolecular Hbond substituents is 1. The summed E-state index contributed by atoms with van der Waals surface area (Å²) in [6.07, 6.45) is -5.50. The second-order valence-corrected chi connectivity index (χ2v) is 3.31. The zero-order chi connectivity index (χ0) is 11.8. The molecule has 0 atom stereocenters. The Labute approximate surface area is 89.4 Å². The Balaban J connectivity index is 2.40. The molecule has 1 aromatic rings. The maximum absolute atomic E-state index is 12.5. The Kier molecular flexibility index (Phi) is 2.77. The molecule has 0 saturated carbocycles. The van der Waals surface area contributed by atoms with Crippen molar-refractivity contribution in [3.05, 3.63) is 29.3 Å². The van der Waals surface area contributed by atoms with Gasteiger partial charge in [0.25, 0.3) is 0 Å². The Bertz CT molecular complexity index is 383. The molecule has 6 heteroatoms. The molecule has 2 rings (SSSR count). The summed E-state index contributed by atoms with van der Waals surface area (Å²) >= 11 is 0. The predicted molar refractivity (Wildman–Crippen MR) is 47.8 cm³/mol. The van der Waals surface area contributed by atoms with E-state index in [9.17, 15) is 18.3 Å². The van der Waals surface area contributed by atoms with E-state index in [0.717, 1.165) is 6.07 Å². The van der Waals surface area contributed by atoms with Crippen molar-refractivity contribution in [3.8, 4) is 5.75 Å². The van der Waals surface area contributed by atoms with Crippen LogP contribution in [0.25, 0.3) is 0 Å². The first-order valence-electron chi connectivity index (χ1n) is 4.62. The lowest BCUT2D eigenvalue weighted by atomic mass is 10.1. The van der Waals surface area contributed by atoms with Crippen LogP contribution in [0.4, 0.5) is 13.2 Å². The van der Waals surface area contributed by atoms with Crippen LogP contribution in [-0.2, 0) is 15.7 Å². The fourth-order valence-electron chi connectivity index (χ4n) is 1.52. The first-order chi connectivity index (χ1) is 7.50. The van der Waals surface area contributed by atoms with Crippen molar-refractivity contribution in [1.82, 2.24) is 0 Å². The molecule has 1 saturated heterocycles. The number of para-hydroxylation sites is 1. The first-order valence-corrected chi connectivity index (χ1v) is 4.62. The third-order valence-electron chi connectivity index (χ3n) is 2.25. The van der Waals surface area contributed by atoms with Gasteiger partial charge in [-0.25, -0.2) is 0 Å². The van der Waals surface area contributed by atoms with E-state index in [-0.39, 0.29) is 5.56 Å². The van der Waals surface area contributed by atoms with Crippen molar-refractivity contribution in [1.29, 1.82) is 0 Å². The number of hydrogen-bond acceptors (Lipinski definition) is 3. The van der Waals surface area contributed by atoms with Crippen molar-refractivity contribution in [2.45, 2.75) is 12.5 Å². The van der Waals surface area contributed by atoms with Gasteiger partial charge in [-0.05, 0) is 6.07 Å². The number of ether oxygens (including phenoxy) is 2. The van der Waals surface area contributed by atoms with Crippen LogP contribution in [0, 0.1) is 0 Å². The highest BCUT2D eigenvalue weighted by molar-refractivity contribution is 5.42. The van der Waals surface area contributed by atoms with Crippen LogP contribution in [0.15, 0.2) is 18.2 Å². The van der Waals surface area contributed by atoms with Gasteiger partial charge < -0.3 is 14.6 Å². The van der Waals surface area contributed by atoms with E-state index in [1.165, 1.54) is 12.1 Å². The lowest BCUT2D eigenvalue weighted by Gasteiger charge is -2.15. The average Bonchev–Trinajstić information content (AvgIpc) is 2.69. The van der Waals surface area contributed by atoms with Crippen molar-refractivity contribution in [2.24, 2.45) is 0 Å². The molecule has 0 aromatic heterocycles. The van der Waals surface area contributed by atoms with Crippen molar-refractivity contribution in [3.63, 3.8) is 0 Å². The summed E-state index contributed by atoms with van der Waals surface area (Å²) in [6.45, 7) is 0.612. The number of aromatic hydroxyl groups is 1. The van der Waals surface area contributed by atoms with Gasteiger partial charge in [0.15, 0.2) is 6.29 Å². The molecule has 0 radical (unpaired) electrons. The Morgan fingerprint density at radius 3 is 2.38 bits per heavy atom. The number of alkyl halides is 3. The minimum absolute atomic E-state index is 0.00678. The fraction of sp³-hybridized carbons (Fsp3) is 0.400. The van der Waals surface area contributed by atoms with Gasteiger partial charge in [-0.2, -0.15) is 13.2 Å². The molecule has 1 N–H and O–H groups in total. The molecular formula is C10H9F3O3. The third kappa shape index (κ3) is 1.98. The molecule has 3 nitrogen and oxygen atoms in total. The minimum Gasteiger partial charge on any atom is -0.507 e. The molecule has 0 spiro atoms. The van der Waals surface area contributed by atoms with Gasteiger partial charge in [-0.3, -0.25) is 0 Å². The molecular weight excluding hydrogens is 225 g/mol. The topological polar surface area (TPSA) is 38.7 Å². The van der Waals surface area contributed by atoms with Crippen LogP contribution in [0.3, 0.4) is 0 Å². The summed E-state index contributed by atoms with van der Waals surface area (Å²) in [7, 11) is 0. The quantitative estimate of drug-likeness (QED) is 0.811. The molecule has 1 aliphatic heterocycles. The molecule has 0 unspecified atom stereocenters. The Morgan fingerprint density at radius 2 is 1.81 bits per heavy atom. The first kappa shape index (κ1) is 11.2. The van der Waals surface area contributed by atoms with Crippen LogP contribution in [0.1, 0.15) is 17.4 Å². The van der Waals surface area contributed by atoms with Crippen LogP contribution in [0.5, 0.6) is 5.75 Å². The van der Waals surface area contributed by atoms with Crippen LogP contribution in [-0.4, -0.2) is 18.3 Å².